The van der Waals surface area contributed by atoms with Gasteiger partial charge in [-0.2, -0.15) is 0 Å². The predicted octanol–water partition coefficient (Wildman–Crippen LogP) is 1.43. The van der Waals surface area contributed by atoms with Crippen LogP contribution in [0.4, 0.5) is 0 Å². The third kappa shape index (κ3) is 3.64. The Hall–Kier alpha value is -0.820. The molecule has 0 fully saturated rings. The number of halogens is 1. The van der Waals surface area contributed by atoms with E-state index in [1.807, 2.05) is 22.6 Å². The zero-order valence-electron chi connectivity index (χ0n) is 8.94. The largest absolute Gasteiger partial charge is 0.507 e. The van der Waals surface area contributed by atoms with Crippen LogP contribution in [0.25, 0.3) is 0 Å². The minimum absolute atomic E-state index is 0.231. The lowest BCUT2D eigenvalue weighted by molar-refractivity contribution is -0.144. The minimum atomic E-state index is -0.653. The number of benzene rings is 1. The molecule has 0 heterocycles. The molecule has 0 aliphatic heterocycles. The van der Waals surface area contributed by atoms with E-state index in [0.717, 1.165) is 9.13 Å². The standard InChI is InChI=1S/C11H14INO3/c1-2-16-11(15)9(13)6-7-3-4-10(14)8(12)5-7/h3-5,9,14H,2,6,13H2,1H3/t9-/m1/s1. The topological polar surface area (TPSA) is 72.5 Å². The third-order valence-corrected chi connectivity index (χ3v) is 2.92. The number of nitrogens with two attached hydrogens (primary N) is 1. The molecule has 0 amide bonds. The Labute approximate surface area is 108 Å². The average molecular weight is 335 g/mol. The van der Waals surface area contributed by atoms with E-state index in [4.69, 9.17) is 10.5 Å². The molecule has 0 aliphatic rings. The monoisotopic (exact) mass is 335 g/mol. The highest BCUT2D eigenvalue weighted by Crippen LogP contribution is 2.20. The molecule has 0 aliphatic carbocycles. The molecule has 0 bridgehead atoms. The average Bonchev–Trinajstić information content (AvgIpc) is 2.24. The van der Waals surface area contributed by atoms with Crippen LogP contribution >= 0.6 is 22.6 Å². The molecule has 1 rings (SSSR count). The number of carbonyl (C=O) groups excluding carboxylic acids is 1. The van der Waals surface area contributed by atoms with Crippen molar-refractivity contribution in [3.63, 3.8) is 0 Å². The van der Waals surface area contributed by atoms with Gasteiger partial charge in [0.25, 0.3) is 0 Å². The number of phenolic OH excluding ortho intramolecular Hbond substituents is 1. The molecule has 5 heteroatoms. The maximum Gasteiger partial charge on any atom is 0.323 e. The van der Waals surface area contributed by atoms with Crippen molar-refractivity contribution in [3.8, 4) is 5.75 Å². The van der Waals surface area contributed by atoms with E-state index < -0.39 is 12.0 Å². The molecule has 0 spiro atoms. The Kier molecular flexibility index (Phi) is 5.01. The summed E-state index contributed by atoms with van der Waals surface area (Å²) in [6.07, 6.45) is 0.412. The van der Waals surface area contributed by atoms with E-state index in [9.17, 15) is 9.90 Å². The van der Waals surface area contributed by atoms with Gasteiger partial charge in [-0.3, -0.25) is 4.79 Å². The molecule has 1 aromatic rings. The van der Waals surface area contributed by atoms with Gasteiger partial charge in [-0.15, -0.1) is 0 Å². The molecule has 88 valence electrons. The van der Waals surface area contributed by atoms with Crippen LogP contribution < -0.4 is 5.73 Å². The molecule has 16 heavy (non-hydrogen) atoms. The number of hydrogen-bond donors (Lipinski definition) is 2. The highest BCUT2D eigenvalue weighted by Gasteiger charge is 2.15. The molecule has 0 radical (unpaired) electrons. The highest BCUT2D eigenvalue weighted by molar-refractivity contribution is 14.1. The van der Waals surface area contributed by atoms with Crippen molar-refractivity contribution in [3.05, 3.63) is 27.3 Å². The summed E-state index contributed by atoms with van der Waals surface area (Å²) in [4.78, 5) is 11.3. The Bertz CT molecular complexity index is 381. The van der Waals surface area contributed by atoms with Gasteiger partial charge < -0.3 is 15.6 Å². The number of hydrogen-bond acceptors (Lipinski definition) is 4. The van der Waals surface area contributed by atoms with Crippen LogP contribution in [0.2, 0.25) is 0 Å². The molecule has 3 N–H and O–H groups in total. The Balaban J connectivity index is 2.66. The first-order valence-electron chi connectivity index (χ1n) is 4.94. The van der Waals surface area contributed by atoms with Crippen LogP contribution in [0.1, 0.15) is 12.5 Å². The molecule has 0 aromatic heterocycles. The van der Waals surface area contributed by atoms with Crippen molar-refractivity contribution >= 4 is 28.6 Å². The lowest BCUT2D eigenvalue weighted by Crippen LogP contribution is -2.34. The van der Waals surface area contributed by atoms with Crippen molar-refractivity contribution < 1.29 is 14.6 Å². The van der Waals surface area contributed by atoms with Crippen molar-refractivity contribution in [1.82, 2.24) is 0 Å². The quantitative estimate of drug-likeness (QED) is 0.645. The molecular weight excluding hydrogens is 321 g/mol. The summed E-state index contributed by atoms with van der Waals surface area (Å²) in [5, 5.41) is 9.34. The van der Waals surface area contributed by atoms with Crippen LogP contribution in [0.15, 0.2) is 18.2 Å². The number of carbonyl (C=O) groups is 1. The van der Waals surface area contributed by atoms with E-state index in [-0.39, 0.29) is 5.75 Å². The van der Waals surface area contributed by atoms with Gasteiger partial charge in [0.05, 0.1) is 10.2 Å². The van der Waals surface area contributed by atoms with Crippen LogP contribution in [0.3, 0.4) is 0 Å². The zero-order chi connectivity index (χ0) is 12.1. The summed E-state index contributed by atoms with van der Waals surface area (Å²) in [5.41, 5.74) is 6.59. The number of aromatic hydroxyl groups is 1. The van der Waals surface area contributed by atoms with Crippen molar-refractivity contribution in [2.75, 3.05) is 6.61 Å². The van der Waals surface area contributed by atoms with E-state index >= 15 is 0 Å². The van der Waals surface area contributed by atoms with Gasteiger partial charge in [0, 0.05) is 0 Å². The van der Waals surface area contributed by atoms with Crippen molar-refractivity contribution in [2.24, 2.45) is 5.73 Å². The van der Waals surface area contributed by atoms with Gasteiger partial charge in [-0.1, -0.05) is 6.07 Å². The van der Waals surface area contributed by atoms with Gasteiger partial charge in [0.15, 0.2) is 0 Å². The summed E-state index contributed by atoms with van der Waals surface area (Å²) in [7, 11) is 0. The van der Waals surface area contributed by atoms with Crippen LogP contribution in [0.5, 0.6) is 5.75 Å². The van der Waals surface area contributed by atoms with E-state index in [1.54, 1.807) is 25.1 Å². The number of ether oxygens (including phenoxy) is 1. The van der Waals surface area contributed by atoms with Gasteiger partial charge in [0.1, 0.15) is 11.8 Å². The van der Waals surface area contributed by atoms with Gasteiger partial charge >= 0.3 is 5.97 Å². The van der Waals surface area contributed by atoms with E-state index in [1.165, 1.54) is 0 Å². The van der Waals surface area contributed by atoms with E-state index in [0.29, 0.717) is 13.0 Å². The lowest BCUT2D eigenvalue weighted by atomic mass is 10.1. The number of rotatable bonds is 4. The fourth-order valence-electron chi connectivity index (χ4n) is 1.26. The molecule has 0 saturated heterocycles. The van der Waals surface area contributed by atoms with Crippen LogP contribution in [-0.4, -0.2) is 23.7 Å². The number of esters is 1. The normalized spacial score (nSPS) is 12.2. The summed E-state index contributed by atoms with van der Waals surface area (Å²) >= 11 is 2.02. The zero-order valence-corrected chi connectivity index (χ0v) is 11.1. The summed E-state index contributed by atoms with van der Waals surface area (Å²) < 4.78 is 5.56. The Morgan fingerprint density at radius 1 is 1.62 bits per heavy atom. The first-order valence-corrected chi connectivity index (χ1v) is 6.02. The Morgan fingerprint density at radius 3 is 2.88 bits per heavy atom. The fourth-order valence-corrected chi connectivity index (χ4v) is 1.84. The second kappa shape index (κ2) is 6.05. The molecule has 0 unspecified atom stereocenters. The lowest BCUT2D eigenvalue weighted by Gasteiger charge is -2.10. The van der Waals surface area contributed by atoms with Gasteiger partial charge in [-0.25, -0.2) is 0 Å². The molecule has 4 nitrogen and oxygen atoms in total. The first-order chi connectivity index (χ1) is 7.54. The van der Waals surface area contributed by atoms with Crippen LogP contribution in [-0.2, 0) is 16.0 Å². The smallest absolute Gasteiger partial charge is 0.323 e. The molecule has 1 aromatic carbocycles. The molecule has 0 saturated carbocycles. The van der Waals surface area contributed by atoms with Gasteiger partial charge in [0.2, 0.25) is 0 Å². The van der Waals surface area contributed by atoms with Gasteiger partial charge in [-0.05, 0) is 53.6 Å². The van der Waals surface area contributed by atoms with E-state index in [2.05, 4.69) is 0 Å². The fraction of sp³-hybridized carbons (Fsp3) is 0.364. The summed E-state index contributed by atoms with van der Waals surface area (Å²) in [5.74, 6) is -0.167. The summed E-state index contributed by atoms with van der Waals surface area (Å²) in [6.45, 7) is 2.08. The Morgan fingerprint density at radius 2 is 2.31 bits per heavy atom. The second-order valence-electron chi connectivity index (χ2n) is 3.35. The third-order valence-electron chi connectivity index (χ3n) is 2.06. The maximum atomic E-state index is 11.3. The SMILES string of the molecule is CCOC(=O)[C@H](N)Cc1ccc(O)c(I)c1. The summed E-state index contributed by atoms with van der Waals surface area (Å²) in [6, 6.07) is 4.49. The maximum absolute atomic E-state index is 11.3. The molecular formula is C11H14INO3. The van der Waals surface area contributed by atoms with Crippen molar-refractivity contribution in [2.45, 2.75) is 19.4 Å². The van der Waals surface area contributed by atoms with Crippen LogP contribution in [0, 0.1) is 3.57 Å². The first kappa shape index (κ1) is 13.2. The predicted molar refractivity (Wildman–Crippen MR) is 69.1 cm³/mol. The van der Waals surface area contributed by atoms with Crippen molar-refractivity contribution in [1.29, 1.82) is 0 Å². The second-order valence-corrected chi connectivity index (χ2v) is 4.51. The number of phenols is 1. The minimum Gasteiger partial charge on any atom is -0.507 e. The highest BCUT2D eigenvalue weighted by atomic mass is 127. The molecule has 1 atom stereocenters.